The first-order valence-corrected chi connectivity index (χ1v) is 12.8. The number of aryl methyl sites for hydroxylation is 1. The fraction of sp³-hybridized carbons (Fsp3) is 0.556. The average molecular weight is 467 g/mol. The van der Waals surface area contributed by atoms with E-state index in [2.05, 4.69) is 89.3 Å². The average Bonchev–Trinajstić information content (AvgIpc) is 2.85. The quantitative estimate of drug-likeness (QED) is 0.343. The second-order valence-corrected chi connectivity index (χ2v) is 8.87. The Bertz CT molecular complexity index is 890. The smallest absolute Gasteiger partial charge is 0.150 e. The van der Waals surface area contributed by atoms with Crippen LogP contribution in [0.5, 0.6) is 0 Å². The molecule has 1 saturated heterocycles. The first-order chi connectivity index (χ1) is 16.6. The molecule has 0 spiro atoms. The highest BCUT2D eigenvalue weighted by Gasteiger charge is 2.16. The number of morpholine rings is 1. The number of likely N-dealkylation sites (N-methyl/N-ethyl adjacent to an activating group) is 1. The van der Waals surface area contributed by atoms with E-state index in [1.807, 2.05) is 6.21 Å². The number of hydrogen-bond donors (Lipinski definition) is 1. The van der Waals surface area contributed by atoms with Gasteiger partial charge in [0.25, 0.3) is 0 Å². The summed E-state index contributed by atoms with van der Waals surface area (Å²) in [6.45, 7) is 17.4. The zero-order valence-electron chi connectivity index (χ0n) is 21.5. The van der Waals surface area contributed by atoms with Crippen molar-refractivity contribution in [1.82, 2.24) is 9.88 Å². The topological polar surface area (TPSA) is 56.2 Å². The monoisotopic (exact) mass is 466 g/mol. The van der Waals surface area contributed by atoms with Crippen LogP contribution < -0.4 is 15.2 Å². The third-order valence-electron chi connectivity index (χ3n) is 6.08. The predicted molar refractivity (Wildman–Crippen MR) is 145 cm³/mol. The second kappa shape index (κ2) is 13.9. The van der Waals surface area contributed by atoms with Gasteiger partial charge in [-0.25, -0.2) is 4.98 Å². The molecule has 0 atom stereocenters. The maximum Gasteiger partial charge on any atom is 0.150 e. The van der Waals surface area contributed by atoms with Crippen molar-refractivity contribution in [2.75, 3.05) is 74.3 Å². The van der Waals surface area contributed by atoms with E-state index in [4.69, 9.17) is 9.72 Å². The van der Waals surface area contributed by atoms with Crippen molar-refractivity contribution in [2.45, 2.75) is 40.5 Å². The summed E-state index contributed by atoms with van der Waals surface area (Å²) in [5.74, 6) is 1.78. The zero-order valence-corrected chi connectivity index (χ0v) is 21.5. The summed E-state index contributed by atoms with van der Waals surface area (Å²) in [6.07, 6.45) is 4.08. The van der Waals surface area contributed by atoms with Crippen LogP contribution in [0, 0.1) is 6.92 Å². The number of hydrogen-bond acceptors (Lipinski definition) is 7. The number of rotatable bonds is 13. The molecule has 186 valence electrons. The van der Waals surface area contributed by atoms with Crippen molar-refractivity contribution in [3.05, 3.63) is 47.5 Å². The second-order valence-electron chi connectivity index (χ2n) is 8.87. The molecule has 0 unspecified atom stereocenters. The van der Waals surface area contributed by atoms with Crippen LogP contribution in [0.4, 0.5) is 17.3 Å². The van der Waals surface area contributed by atoms with E-state index in [0.29, 0.717) is 0 Å². The summed E-state index contributed by atoms with van der Waals surface area (Å²) < 4.78 is 5.50. The normalized spacial score (nSPS) is 14.5. The number of anilines is 3. The Balaban J connectivity index is 1.81. The number of nitrogens with zero attached hydrogens (tertiary/aromatic N) is 5. The fourth-order valence-electron chi connectivity index (χ4n) is 4.26. The van der Waals surface area contributed by atoms with Crippen LogP contribution in [0.3, 0.4) is 0 Å². The first-order valence-electron chi connectivity index (χ1n) is 12.8. The SMILES string of the molecule is CCCN(CCC)c1cc(N/N=C/c2cccc(C)c2)nc(N(CC)CCN2CCOCC2)c1. The van der Waals surface area contributed by atoms with Gasteiger partial charge in [-0.2, -0.15) is 5.10 Å². The highest BCUT2D eigenvalue weighted by atomic mass is 16.5. The highest BCUT2D eigenvalue weighted by molar-refractivity contribution is 5.80. The third kappa shape index (κ3) is 7.99. The van der Waals surface area contributed by atoms with E-state index in [1.54, 1.807) is 0 Å². The summed E-state index contributed by atoms with van der Waals surface area (Å²) in [6, 6.07) is 12.7. The van der Waals surface area contributed by atoms with Gasteiger partial charge in [0.15, 0.2) is 5.82 Å². The van der Waals surface area contributed by atoms with Gasteiger partial charge in [0.2, 0.25) is 0 Å². The van der Waals surface area contributed by atoms with Gasteiger partial charge in [0.1, 0.15) is 5.82 Å². The number of hydrazone groups is 1. The Hall–Kier alpha value is -2.64. The first kappa shape index (κ1) is 26.0. The molecule has 7 heteroatoms. The molecule has 1 fully saturated rings. The van der Waals surface area contributed by atoms with Crippen LogP contribution >= 0.6 is 0 Å². The molecule has 0 aliphatic carbocycles. The highest BCUT2D eigenvalue weighted by Crippen LogP contribution is 2.25. The molecule has 34 heavy (non-hydrogen) atoms. The Kier molecular flexibility index (Phi) is 10.6. The molecule has 2 heterocycles. The summed E-state index contributed by atoms with van der Waals surface area (Å²) >= 11 is 0. The van der Waals surface area contributed by atoms with Crippen LogP contribution in [-0.4, -0.2) is 75.1 Å². The van der Waals surface area contributed by atoms with E-state index in [0.717, 1.165) is 89.1 Å². The van der Waals surface area contributed by atoms with Gasteiger partial charge < -0.3 is 14.5 Å². The van der Waals surface area contributed by atoms with Crippen molar-refractivity contribution >= 4 is 23.5 Å². The molecule has 1 aromatic heterocycles. The minimum Gasteiger partial charge on any atom is -0.379 e. The van der Waals surface area contributed by atoms with E-state index >= 15 is 0 Å². The number of aromatic nitrogens is 1. The van der Waals surface area contributed by atoms with E-state index < -0.39 is 0 Å². The Morgan fingerprint density at radius 2 is 1.79 bits per heavy atom. The van der Waals surface area contributed by atoms with Crippen molar-refractivity contribution in [2.24, 2.45) is 5.10 Å². The van der Waals surface area contributed by atoms with Crippen LogP contribution in [-0.2, 0) is 4.74 Å². The van der Waals surface area contributed by atoms with E-state index in [1.165, 1.54) is 11.3 Å². The van der Waals surface area contributed by atoms with Crippen molar-refractivity contribution in [3.63, 3.8) is 0 Å². The van der Waals surface area contributed by atoms with Gasteiger partial charge in [-0.1, -0.05) is 43.7 Å². The van der Waals surface area contributed by atoms with Gasteiger partial charge in [-0.15, -0.1) is 0 Å². The van der Waals surface area contributed by atoms with Gasteiger partial charge in [0.05, 0.1) is 19.4 Å². The molecule has 0 radical (unpaired) electrons. The summed E-state index contributed by atoms with van der Waals surface area (Å²) in [5.41, 5.74) is 6.69. The van der Waals surface area contributed by atoms with Gasteiger partial charge in [-0.05, 0) is 32.3 Å². The molecule has 7 nitrogen and oxygen atoms in total. The molecule has 1 N–H and O–H groups in total. The molecule has 0 saturated carbocycles. The van der Waals surface area contributed by atoms with Crippen molar-refractivity contribution in [3.8, 4) is 0 Å². The van der Waals surface area contributed by atoms with Crippen LogP contribution in [0.2, 0.25) is 0 Å². The summed E-state index contributed by atoms with van der Waals surface area (Å²) in [5, 5.41) is 4.49. The lowest BCUT2D eigenvalue weighted by Gasteiger charge is -2.31. The number of pyridine rings is 1. The van der Waals surface area contributed by atoms with Crippen molar-refractivity contribution in [1.29, 1.82) is 0 Å². The minimum atomic E-state index is 0.776. The lowest BCUT2D eigenvalue weighted by molar-refractivity contribution is 0.0392. The van der Waals surface area contributed by atoms with Crippen LogP contribution in [0.25, 0.3) is 0 Å². The Morgan fingerprint density at radius 3 is 2.47 bits per heavy atom. The molecule has 0 amide bonds. The standard InChI is InChI=1S/C27H42N6O/c1-5-11-33(12-6-2)25-20-26(30-28-22-24-10-8-9-23(4)19-24)29-27(21-25)32(7-3)14-13-31-15-17-34-18-16-31/h8-10,19-22H,5-7,11-18H2,1-4H3,(H,29,30)/b28-22+. The molecule has 1 aliphatic rings. The molecule has 0 bridgehead atoms. The number of ether oxygens (including phenoxy) is 1. The van der Waals surface area contributed by atoms with Gasteiger partial charge in [-0.3, -0.25) is 10.3 Å². The lowest BCUT2D eigenvalue weighted by atomic mass is 10.2. The minimum absolute atomic E-state index is 0.776. The molecule has 3 rings (SSSR count). The predicted octanol–water partition coefficient (Wildman–Crippen LogP) is 4.62. The number of nitrogens with one attached hydrogen (secondary N) is 1. The summed E-state index contributed by atoms with van der Waals surface area (Å²) in [7, 11) is 0. The third-order valence-corrected chi connectivity index (χ3v) is 6.08. The van der Waals surface area contributed by atoms with Gasteiger partial charge >= 0.3 is 0 Å². The van der Waals surface area contributed by atoms with Crippen LogP contribution in [0.1, 0.15) is 44.7 Å². The van der Waals surface area contributed by atoms with E-state index in [-0.39, 0.29) is 0 Å². The molecule has 2 aromatic rings. The lowest BCUT2D eigenvalue weighted by Crippen LogP contribution is -2.41. The van der Waals surface area contributed by atoms with Gasteiger partial charge in [0, 0.05) is 63.6 Å². The molecule has 1 aromatic carbocycles. The molecule has 1 aliphatic heterocycles. The Labute approximate surface area is 205 Å². The number of benzene rings is 1. The maximum absolute atomic E-state index is 5.50. The largest absolute Gasteiger partial charge is 0.379 e. The fourth-order valence-corrected chi connectivity index (χ4v) is 4.26. The zero-order chi connectivity index (χ0) is 24.2. The summed E-state index contributed by atoms with van der Waals surface area (Å²) in [4.78, 5) is 12.2. The van der Waals surface area contributed by atoms with E-state index in [9.17, 15) is 0 Å². The van der Waals surface area contributed by atoms with Crippen molar-refractivity contribution < 1.29 is 4.74 Å². The molecular formula is C27H42N6O. The van der Waals surface area contributed by atoms with Crippen LogP contribution in [0.15, 0.2) is 41.5 Å². The Morgan fingerprint density at radius 1 is 1.03 bits per heavy atom. The maximum atomic E-state index is 5.50. The molecular weight excluding hydrogens is 424 g/mol.